The second-order valence-corrected chi connectivity index (χ2v) is 5.76. The quantitative estimate of drug-likeness (QED) is 0.815. The summed E-state index contributed by atoms with van der Waals surface area (Å²) in [7, 11) is 0. The SMILES string of the molecule is N#CN1CCC2(C1)Oc1ncc(-c3ccccc3)cc1NC2=O. The lowest BCUT2D eigenvalue weighted by molar-refractivity contribution is -0.131. The van der Waals surface area contributed by atoms with Gasteiger partial charge < -0.3 is 15.0 Å². The molecule has 4 rings (SSSR count). The van der Waals surface area contributed by atoms with E-state index in [0.717, 1.165) is 11.1 Å². The number of amides is 1. The maximum atomic E-state index is 12.5. The van der Waals surface area contributed by atoms with Crippen LogP contribution in [0.25, 0.3) is 11.1 Å². The van der Waals surface area contributed by atoms with Crippen LogP contribution in [0.2, 0.25) is 0 Å². The lowest BCUT2D eigenvalue weighted by Crippen LogP contribution is -2.52. The molecule has 1 aromatic carbocycles. The Hall–Kier alpha value is -3.07. The van der Waals surface area contributed by atoms with Gasteiger partial charge in [0, 0.05) is 24.7 Å². The number of nitrogens with one attached hydrogen (secondary N) is 1. The van der Waals surface area contributed by atoms with E-state index in [1.54, 1.807) is 6.20 Å². The molecule has 23 heavy (non-hydrogen) atoms. The van der Waals surface area contributed by atoms with Gasteiger partial charge in [0.1, 0.15) is 5.69 Å². The van der Waals surface area contributed by atoms with Gasteiger partial charge in [-0.05, 0) is 11.6 Å². The lowest BCUT2D eigenvalue weighted by Gasteiger charge is -2.33. The standard InChI is InChI=1S/C17H14N4O2/c18-11-21-7-6-17(10-21)16(22)20-14-8-13(9-19-15(14)23-17)12-4-2-1-3-5-12/h1-5,8-9H,6-7,10H2,(H,20,22). The number of nitriles is 1. The van der Waals surface area contributed by atoms with E-state index in [4.69, 9.17) is 10.00 Å². The second-order valence-electron chi connectivity index (χ2n) is 5.76. The van der Waals surface area contributed by atoms with E-state index in [1.807, 2.05) is 36.4 Å². The molecule has 1 unspecified atom stereocenters. The third-order valence-electron chi connectivity index (χ3n) is 4.29. The zero-order valence-corrected chi connectivity index (χ0v) is 12.3. The summed E-state index contributed by atoms with van der Waals surface area (Å²) in [5.41, 5.74) is 1.49. The smallest absolute Gasteiger partial charge is 0.270 e. The van der Waals surface area contributed by atoms with Crippen LogP contribution in [0.3, 0.4) is 0 Å². The third kappa shape index (κ3) is 2.18. The number of ether oxygens (including phenoxy) is 1. The van der Waals surface area contributed by atoms with E-state index in [-0.39, 0.29) is 12.5 Å². The summed E-state index contributed by atoms with van der Waals surface area (Å²) in [5.74, 6) is 0.193. The molecular weight excluding hydrogens is 292 g/mol. The molecule has 1 spiro atoms. The number of likely N-dealkylation sites (tertiary alicyclic amines) is 1. The van der Waals surface area contributed by atoms with Crippen molar-refractivity contribution in [2.24, 2.45) is 0 Å². The molecule has 2 aliphatic heterocycles. The molecular formula is C17H14N4O2. The van der Waals surface area contributed by atoms with E-state index >= 15 is 0 Å². The lowest BCUT2D eigenvalue weighted by atomic mass is 9.99. The molecule has 1 fully saturated rings. The van der Waals surface area contributed by atoms with Crippen molar-refractivity contribution in [3.05, 3.63) is 42.6 Å². The minimum atomic E-state index is -1.01. The van der Waals surface area contributed by atoms with Crippen molar-refractivity contribution in [1.82, 2.24) is 9.88 Å². The maximum Gasteiger partial charge on any atom is 0.270 e. The van der Waals surface area contributed by atoms with Crippen molar-refractivity contribution >= 4 is 11.6 Å². The summed E-state index contributed by atoms with van der Waals surface area (Å²) in [6.07, 6.45) is 4.28. The van der Waals surface area contributed by atoms with Crippen LogP contribution in [0.5, 0.6) is 5.88 Å². The Morgan fingerprint density at radius 2 is 2.13 bits per heavy atom. The van der Waals surface area contributed by atoms with Crippen molar-refractivity contribution in [3.8, 4) is 23.2 Å². The largest absolute Gasteiger partial charge is 0.457 e. The molecule has 0 bridgehead atoms. The van der Waals surface area contributed by atoms with Crippen LogP contribution in [-0.2, 0) is 4.79 Å². The first-order valence-electron chi connectivity index (χ1n) is 7.41. The Balaban J connectivity index is 1.67. The molecule has 0 aliphatic carbocycles. The fourth-order valence-electron chi connectivity index (χ4n) is 3.02. The molecule has 1 atom stereocenters. The van der Waals surface area contributed by atoms with Gasteiger partial charge in [0.05, 0.1) is 6.54 Å². The molecule has 1 aromatic heterocycles. The first-order chi connectivity index (χ1) is 11.2. The topological polar surface area (TPSA) is 78.2 Å². The van der Waals surface area contributed by atoms with E-state index in [9.17, 15) is 4.79 Å². The molecule has 114 valence electrons. The highest BCUT2D eigenvalue weighted by Gasteiger charge is 2.50. The molecule has 6 heteroatoms. The van der Waals surface area contributed by atoms with Gasteiger partial charge in [0.25, 0.3) is 5.91 Å². The highest BCUT2D eigenvalue weighted by Crippen LogP contribution is 2.38. The molecule has 0 saturated carbocycles. The Bertz CT molecular complexity index is 815. The minimum Gasteiger partial charge on any atom is -0.457 e. The number of hydrogen-bond donors (Lipinski definition) is 1. The molecule has 6 nitrogen and oxygen atoms in total. The minimum absolute atomic E-state index is 0.213. The molecule has 1 amide bonds. The average Bonchev–Trinajstić information content (AvgIpc) is 3.01. The first kappa shape index (κ1) is 13.6. The molecule has 1 N–H and O–H groups in total. The Kier molecular flexibility index (Phi) is 2.95. The third-order valence-corrected chi connectivity index (χ3v) is 4.29. The van der Waals surface area contributed by atoms with E-state index in [2.05, 4.69) is 16.5 Å². The monoisotopic (exact) mass is 306 g/mol. The van der Waals surface area contributed by atoms with E-state index < -0.39 is 5.60 Å². The van der Waals surface area contributed by atoms with Crippen molar-refractivity contribution in [3.63, 3.8) is 0 Å². The number of pyridine rings is 1. The zero-order chi connectivity index (χ0) is 15.9. The van der Waals surface area contributed by atoms with Crippen LogP contribution in [0, 0.1) is 11.5 Å². The van der Waals surface area contributed by atoms with Gasteiger partial charge in [-0.25, -0.2) is 4.98 Å². The van der Waals surface area contributed by atoms with Gasteiger partial charge in [-0.1, -0.05) is 30.3 Å². The van der Waals surface area contributed by atoms with Gasteiger partial charge in [-0.3, -0.25) is 4.79 Å². The number of carbonyl (C=O) groups excluding carboxylic acids is 1. The van der Waals surface area contributed by atoms with Crippen molar-refractivity contribution in [1.29, 1.82) is 5.26 Å². The Morgan fingerprint density at radius 1 is 1.30 bits per heavy atom. The van der Waals surface area contributed by atoms with Crippen LogP contribution in [0.4, 0.5) is 5.69 Å². The van der Waals surface area contributed by atoms with Crippen molar-refractivity contribution < 1.29 is 9.53 Å². The van der Waals surface area contributed by atoms with Crippen LogP contribution in [0.1, 0.15) is 6.42 Å². The summed E-state index contributed by atoms with van der Waals surface area (Å²) in [6, 6.07) is 11.7. The summed E-state index contributed by atoms with van der Waals surface area (Å²) in [4.78, 5) is 18.4. The molecule has 2 aromatic rings. The highest BCUT2D eigenvalue weighted by molar-refractivity contribution is 6.01. The van der Waals surface area contributed by atoms with Crippen LogP contribution in [0.15, 0.2) is 42.6 Å². The molecule has 1 saturated heterocycles. The van der Waals surface area contributed by atoms with Gasteiger partial charge in [-0.2, -0.15) is 5.26 Å². The number of carbonyl (C=O) groups is 1. The number of nitrogens with zero attached hydrogens (tertiary/aromatic N) is 3. The predicted octanol–water partition coefficient (Wildman–Crippen LogP) is 2.01. The average molecular weight is 306 g/mol. The van der Waals surface area contributed by atoms with Gasteiger partial charge in [0.2, 0.25) is 11.5 Å². The summed E-state index contributed by atoms with van der Waals surface area (Å²) in [6.45, 7) is 0.776. The van der Waals surface area contributed by atoms with Gasteiger partial charge >= 0.3 is 0 Å². The Labute approximate surface area is 133 Å². The summed E-state index contributed by atoms with van der Waals surface area (Å²) >= 11 is 0. The van der Waals surface area contributed by atoms with Gasteiger partial charge in [0.15, 0.2) is 6.19 Å². The highest BCUT2D eigenvalue weighted by atomic mass is 16.5. The number of hydrogen-bond acceptors (Lipinski definition) is 5. The summed E-state index contributed by atoms with van der Waals surface area (Å²) in [5, 5.41) is 11.9. The fourth-order valence-corrected chi connectivity index (χ4v) is 3.02. The number of anilines is 1. The number of benzene rings is 1. The molecule has 2 aliphatic rings. The number of rotatable bonds is 1. The molecule has 3 heterocycles. The fraction of sp³-hybridized carbons (Fsp3) is 0.235. The summed E-state index contributed by atoms with van der Waals surface area (Å²) < 4.78 is 5.90. The predicted molar refractivity (Wildman–Crippen MR) is 83.5 cm³/mol. The van der Waals surface area contributed by atoms with Crippen LogP contribution < -0.4 is 10.1 Å². The maximum absolute atomic E-state index is 12.5. The number of fused-ring (bicyclic) bond motifs is 1. The van der Waals surface area contributed by atoms with Gasteiger partial charge in [-0.15, -0.1) is 0 Å². The van der Waals surface area contributed by atoms with Crippen molar-refractivity contribution in [2.75, 3.05) is 18.4 Å². The zero-order valence-electron chi connectivity index (χ0n) is 12.3. The Morgan fingerprint density at radius 3 is 2.87 bits per heavy atom. The van der Waals surface area contributed by atoms with Crippen LogP contribution in [-0.4, -0.2) is 34.5 Å². The van der Waals surface area contributed by atoms with E-state index in [1.165, 1.54) is 4.90 Å². The number of aromatic nitrogens is 1. The molecule has 0 radical (unpaired) electrons. The van der Waals surface area contributed by atoms with Crippen LogP contribution >= 0.6 is 0 Å². The first-order valence-corrected chi connectivity index (χ1v) is 7.41. The van der Waals surface area contributed by atoms with Crippen molar-refractivity contribution in [2.45, 2.75) is 12.0 Å². The van der Waals surface area contributed by atoms with E-state index in [0.29, 0.717) is 24.5 Å². The normalized spacial score (nSPS) is 22.2. The second kappa shape index (κ2) is 4.99.